The van der Waals surface area contributed by atoms with Gasteiger partial charge in [-0.15, -0.1) is 10.2 Å². The van der Waals surface area contributed by atoms with Crippen LogP contribution in [0.5, 0.6) is 0 Å². The molecule has 0 spiro atoms. The Bertz CT molecular complexity index is 1420. The normalized spacial score (nSPS) is 14.5. The van der Waals surface area contributed by atoms with Gasteiger partial charge in [0.25, 0.3) is 5.89 Å². The molecule has 0 saturated carbocycles. The third-order valence-corrected chi connectivity index (χ3v) is 7.25. The van der Waals surface area contributed by atoms with Crippen LogP contribution in [0.25, 0.3) is 23.0 Å². The summed E-state index contributed by atoms with van der Waals surface area (Å²) in [6.45, 7) is 0.0743. The summed E-state index contributed by atoms with van der Waals surface area (Å²) >= 11 is 0. The number of benzene rings is 2. The molecule has 5 rings (SSSR count). The zero-order valence-electron chi connectivity index (χ0n) is 16.9. The van der Waals surface area contributed by atoms with Crippen molar-refractivity contribution in [3.8, 4) is 23.0 Å². The van der Waals surface area contributed by atoms with Crippen LogP contribution in [0.4, 0.5) is 8.78 Å². The summed E-state index contributed by atoms with van der Waals surface area (Å²) in [7, 11) is -2.44. The fourth-order valence-corrected chi connectivity index (χ4v) is 5.24. The molecule has 0 unspecified atom stereocenters. The van der Waals surface area contributed by atoms with Gasteiger partial charge in [-0.2, -0.15) is 9.40 Å². The number of halogens is 2. The van der Waals surface area contributed by atoms with Crippen molar-refractivity contribution in [1.29, 1.82) is 0 Å². The number of aromatic nitrogens is 4. The molecular weight excluding hydrogens is 440 g/mol. The maximum atomic E-state index is 14.2. The van der Waals surface area contributed by atoms with Crippen LogP contribution in [0.3, 0.4) is 0 Å². The number of nitrogens with zero attached hydrogens (tertiary/aromatic N) is 5. The van der Waals surface area contributed by atoms with Gasteiger partial charge in [-0.1, -0.05) is 18.2 Å². The standard InChI is InChI=1S/C21H17F2N5O3S/c1-27-17-9-10-28(32(29,30)18-8-7-14(22)11-16(18)23)12-15(17)19(26-27)21-25-24-20(31-21)13-5-3-2-4-6-13/h2-8,11H,9-10,12H2,1H3. The van der Waals surface area contributed by atoms with Crippen molar-refractivity contribution in [2.75, 3.05) is 6.54 Å². The average Bonchev–Trinajstić information content (AvgIpc) is 3.39. The molecule has 8 nitrogen and oxygen atoms in total. The molecule has 0 radical (unpaired) electrons. The van der Waals surface area contributed by atoms with Gasteiger partial charge in [-0.25, -0.2) is 17.2 Å². The first-order chi connectivity index (χ1) is 15.3. The Kier molecular flexibility index (Phi) is 4.86. The summed E-state index contributed by atoms with van der Waals surface area (Å²) in [4.78, 5) is -0.572. The van der Waals surface area contributed by atoms with Gasteiger partial charge < -0.3 is 4.42 Å². The monoisotopic (exact) mass is 457 g/mol. The van der Waals surface area contributed by atoms with Gasteiger partial charge in [0.2, 0.25) is 15.9 Å². The van der Waals surface area contributed by atoms with Crippen molar-refractivity contribution in [3.05, 3.63) is 71.4 Å². The minimum Gasteiger partial charge on any atom is -0.415 e. The maximum absolute atomic E-state index is 14.2. The van der Waals surface area contributed by atoms with Crippen LogP contribution in [-0.4, -0.2) is 39.2 Å². The van der Waals surface area contributed by atoms with Gasteiger partial charge in [0.05, 0.1) is 0 Å². The summed E-state index contributed by atoms with van der Waals surface area (Å²) < 4.78 is 62.2. The fraction of sp³-hybridized carbons (Fsp3) is 0.190. The van der Waals surface area contributed by atoms with Crippen LogP contribution in [0.1, 0.15) is 11.3 Å². The molecule has 0 bridgehead atoms. The highest BCUT2D eigenvalue weighted by molar-refractivity contribution is 7.89. The highest BCUT2D eigenvalue weighted by Crippen LogP contribution is 2.33. The molecule has 11 heteroatoms. The van der Waals surface area contributed by atoms with Crippen molar-refractivity contribution >= 4 is 10.0 Å². The lowest BCUT2D eigenvalue weighted by Crippen LogP contribution is -2.36. The number of aryl methyl sites for hydroxylation is 1. The molecule has 0 fully saturated rings. The second kappa shape index (κ2) is 7.61. The number of sulfonamides is 1. The lowest BCUT2D eigenvalue weighted by Gasteiger charge is -2.26. The third kappa shape index (κ3) is 3.39. The Morgan fingerprint density at radius 1 is 1.03 bits per heavy atom. The predicted molar refractivity (Wildman–Crippen MR) is 110 cm³/mol. The molecule has 32 heavy (non-hydrogen) atoms. The zero-order chi connectivity index (χ0) is 22.5. The highest BCUT2D eigenvalue weighted by Gasteiger charge is 2.35. The number of hydrogen-bond donors (Lipinski definition) is 0. The van der Waals surface area contributed by atoms with Crippen molar-refractivity contribution in [3.63, 3.8) is 0 Å². The van der Waals surface area contributed by atoms with Gasteiger partial charge in [0.1, 0.15) is 16.5 Å². The molecule has 1 aliphatic rings. The fourth-order valence-electron chi connectivity index (χ4n) is 3.78. The molecule has 2 aromatic heterocycles. The van der Waals surface area contributed by atoms with Gasteiger partial charge in [0.15, 0.2) is 5.69 Å². The molecule has 0 saturated heterocycles. The van der Waals surface area contributed by atoms with Crippen molar-refractivity contribution in [2.24, 2.45) is 7.05 Å². The molecule has 3 heterocycles. The van der Waals surface area contributed by atoms with E-state index < -0.39 is 26.6 Å². The van der Waals surface area contributed by atoms with E-state index in [2.05, 4.69) is 15.3 Å². The van der Waals surface area contributed by atoms with E-state index in [1.165, 1.54) is 0 Å². The number of fused-ring (bicyclic) bond motifs is 1. The second-order valence-corrected chi connectivity index (χ2v) is 9.25. The SMILES string of the molecule is Cn1nc(-c2nnc(-c3ccccc3)o2)c2c1CCN(S(=O)(=O)c1ccc(F)cc1F)C2. The Balaban J connectivity index is 1.51. The van der Waals surface area contributed by atoms with E-state index in [1.807, 2.05) is 30.3 Å². The van der Waals surface area contributed by atoms with Crippen LogP contribution >= 0.6 is 0 Å². The Labute approximate surface area is 182 Å². The number of rotatable bonds is 4. The van der Waals surface area contributed by atoms with Gasteiger partial charge >= 0.3 is 0 Å². The first-order valence-electron chi connectivity index (χ1n) is 9.74. The molecule has 0 N–H and O–H groups in total. The van der Waals surface area contributed by atoms with Crippen molar-refractivity contribution < 1.29 is 21.6 Å². The van der Waals surface area contributed by atoms with Gasteiger partial charge in [-0.3, -0.25) is 4.68 Å². The molecule has 164 valence electrons. The summed E-state index contributed by atoms with van der Waals surface area (Å²) in [5, 5.41) is 12.6. The van der Waals surface area contributed by atoms with Crippen LogP contribution < -0.4 is 0 Å². The van der Waals surface area contributed by atoms with Crippen molar-refractivity contribution in [2.45, 2.75) is 17.9 Å². The van der Waals surface area contributed by atoms with E-state index in [-0.39, 0.29) is 19.0 Å². The van der Waals surface area contributed by atoms with E-state index in [1.54, 1.807) is 11.7 Å². The minimum atomic E-state index is -4.19. The highest BCUT2D eigenvalue weighted by atomic mass is 32.2. The first-order valence-corrected chi connectivity index (χ1v) is 11.2. The van der Waals surface area contributed by atoms with Gasteiger partial charge in [-0.05, 0) is 24.3 Å². The van der Waals surface area contributed by atoms with Crippen LogP contribution in [0.15, 0.2) is 57.8 Å². The third-order valence-electron chi connectivity index (χ3n) is 5.37. The lowest BCUT2D eigenvalue weighted by atomic mass is 10.1. The zero-order valence-corrected chi connectivity index (χ0v) is 17.7. The Morgan fingerprint density at radius 2 is 1.78 bits per heavy atom. The smallest absolute Gasteiger partial charge is 0.268 e. The predicted octanol–water partition coefficient (Wildman–Crippen LogP) is 3.16. The largest absolute Gasteiger partial charge is 0.415 e. The van der Waals surface area contributed by atoms with E-state index in [4.69, 9.17) is 4.42 Å². The first kappa shape index (κ1) is 20.5. The van der Waals surface area contributed by atoms with Crippen LogP contribution in [0, 0.1) is 11.6 Å². The Morgan fingerprint density at radius 3 is 2.53 bits per heavy atom. The van der Waals surface area contributed by atoms with Crippen LogP contribution in [0.2, 0.25) is 0 Å². The maximum Gasteiger partial charge on any atom is 0.268 e. The molecule has 0 atom stereocenters. The Hall–Kier alpha value is -3.44. The molecular formula is C21H17F2N5O3S. The summed E-state index contributed by atoms with van der Waals surface area (Å²) in [6.07, 6.45) is 0.362. The average molecular weight is 457 g/mol. The van der Waals surface area contributed by atoms with E-state index in [0.717, 1.165) is 27.7 Å². The van der Waals surface area contributed by atoms with E-state index >= 15 is 0 Å². The summed E-state index contributed by atoms with van der Waals surface area (Å²) in [6, 6.07) is 11.6. The molecule has 2 aromatic carbocycles. The molecule has 0 amide bonds. The van der Waals surface area contributed by atoms with E-state index in [9.17, 15) is 17.2 Å². The van der Waals surface area contributed by atoms with Gasteiger partial charge in [0, 0.05) is 49.4 Å². The second-order valence-electron chi connectivity index (χ2n) is 7.34. The van der Waals surface area contributed by atoms with E-state index in [0.29, 0.717) is 29.6 Å². The molecule has 1 aliphatic heterocycles. The quantitative estimate of drug-likeness (QED) is 0.467. The van der Waals surface area contributed by atoms with Crippen molar-refractivity contribution in [1.82, 2.24) is 24.3 Å². The summed E-state index contributed by atoms with van der Waals surface area (Å²) in [5.74, 6) is -1.50. The molecule has 4 aromatic rings. The van der Waals surface area contributed by atoms with Crippen LogP contribution in [-0.2, 0) is 30.0 Å². The molecule has 0 aliphatic carbocycles. The summed E-state index contributed by atoms with van der Waals surface area (Å²) in [5.41, 5.74) is 2.54. The minimum absolute atomic E-state index is 0.0549. The number of hydrogen-bond acceptors (Lipinski definition) is 6. The topological polar surface area (TPSA) is 94.1 Å². The lowest BCUT2D eigenvalue weighted by molar-refractivity contribution is 0.383.